The average molecular weight is 490 g/mol. The lowest BCUT2D eigenvalue weighted by Gasteiger charge is -2.12. The molecule has 0 aromatic heterocycles. The number of halogens is 3. The van der Waals surface area contributed by atoms with Crippen molar-refractivity contribution in [2.24, 2.45) is 5.10 Å². The minimum absolute atomic E-state index is 0.170. The number of carbonyl (C=O) groups is 2. The lowest BCUT2D eigenvalue weighted by molar-refractivity contribution is -0.136. The Kier molecular flexibility index (Phi) is 8.23. The van der Waals surface area contributed by atoms with Crippen LogP contribution < -0.4 is 20.2 Å². The molecule has 0 saturated heterocycles. The molecule has 3 aromatic carbocycles. The number of para-hydroxylation sites is 1. The maximum atomic E-state index is 13.2. The van der Waals surface area contributed by atoms with Gasteiger partial charge in [0.05, 0.1) is 23.4 Å². The van der Waals surface area contributed by atoms with Gasteiger partial charge < -0.3 is 14.8 Å². The quantitative estimate of drug-likeness (QED) is 0.283. The van der Waals surface area contributed by atoms with E-state index in [0.29, 0.717) is 22.1 Å². The molecule has 3 aromatic rings. The third kappa shape index (κ3) is 6.68. The molecule has 0 aliphatic heterocycles. The number of nitrogens with one attached hydrogen (secondary N) is 2. The highest BCUT2D eigenvalue weighted by atomic mass is 35.5. The monoisotopic (exact) mass is 489 g/mol. The number of rotatable bonds is 7. The van der Waals surface area contributed by atoms with Crippen molar-refractivity contribution < 1.29 is 23.5 Å². The molecule has 0 heterocycles. The summed E-state index contributed by atoms with van der Waals surface area (Å²) in [5.41, 5.74) is 3.64. The van der Waals surface area contributed by atoms with Gasteiger partial charge in [0, 0.05) is 11.3 Å². The zero-order chi connectivity index (χ0) is 23.8. The van der Waals surface area contributed by atoms with Gasteiger partial charge in [-0.1, -0.05) is 35.3 Å². The number of ether oxygens (including phenoxy) is 2. The first-order chi connectivity index (χ1) is 15.9. The molecule has 0 unspecified atom stereocenters. The van der Waals surface area contributed by atoms with Crippen LogP contribution in [-0.2, 0) is 16.2 Å². The summed E-state index contributed by atoms with van der Waals surface area (Å²) in [6, 6.07) is 15.8. The molecule has 0 saturated carbocycles. The van der Waals surface area contributed by atoms with Crippen LogP contribution in [0.5, 0.6) is 11.5 Å². The summed E-state index contributed by atoms with van der Waals surface area (Å²) in [5.74, 6) is -1.51. The van der Waals surface area contributed by atoms with Gasteiger partial charge in [-0.2, -0.15) is 5.10 Å². The Labute approximate surface area is 199 Å². The summed E-state index contributed by atoms with van der Waals surface area (Å²) in [4.78, 5) is 23.9. The van der Waals surface area contributed by atoms with Crippen LogP contribution >= 0.6 is 23.2 Å². The van der Waals surface area contributed by atoms with E-state index in [9.17, 15) is 14.0 Å². The molecule has 0 aliphatic carbocycles. The van der Waals surface area contributed by atoms with Crippen LogP contribution in [-0.4, -0.2) is 25.1 Å². The van der Waals surface area contributed by atoms with Crippen molar-refractivity contribution in [3.05, 3.63) is 87.7 Å². The van der Waals surface area contributed by atoms with Crippen molar-refractivity contribution in [1.29, 1.82) is 0 Å². The molecule has 0 aliphatic rings. The van der Waals surface area contributed by atoms with E-state index < -0.39 is 17.6 Å². The lowest BCUT2D eigenvalue weighted by Crippen LogP contribution is -2.32. The van der Waals surface area contributed by atoms with E-state index in [4.69, 9.17) is 32.7 Å². The summed E-state index contributed by atoms with van der Waals surface area (Å²) in [7, 11) is 1.54. The van der Waals surface area contributed by atoms with E-state index in [0.717, 1.165) is 11.6 Å². The van der Waals surface area contributed by atoms with Crippen molar-refractivity contribution in [2.45, 2.75) is 6.61 Å². The highest BCUT2D eigenvalue weighted by molar-refractivity contribution is 6.39. The fourth-order valence-electron chi connectivity index (χ4n) is 2.69. The van der Waals surface area contributed by atoms with Gasteiger partial charge in [-0.25, -0.2) is 9.82 Å². The standard InChI is InChI=1S/C23H18Cl2FN3O4/c1-32-20-9-6-14(10-15(20)13-33-21-5-3-2-4-17(21)24)12-27-29-23(31)22(30)28-16-7-8-19(26)18(25)11-16/h2-12H,13H2,1H3,(H,28,30)(H,29,31)/b27-12+. The molecule has 0 atom stereocenters. The Morgan fingerprint density at radius 2 is 1.79 bits per heavy atom. The average Bonchev–Trinajstić information content (AvgIpc) is 2.81. The molecular formula is C23H18Cl2FN3O4. The molecule has 0 fully saturated rings. The van der Waals surface area contributed by atoms with E-state index in [1.54, 1.807) is 36.4 Å². The highest BCUT2D eigenvalue weighted by Gasteiger charge is 2.14. The molecule has 170 valence electrons. The van der Waals surface area contributed by atoms with Crippen LogP contribution in [0.1, 0.15) is 11.1 Å². The smallest absolute Gasteiger partial charge is 0.329 e. The second kappa shape index (κ2) is 11.3. The first-order valence-corrected chi connectivity index (χ1v) is 10.3. The number of nitrogens with zero attached hydrogens (tertiary/aromatic N) is 1. The van der Waals surface area contributed by atoms with E-state index >= 15 is 0 Å². The van der Waals surface area contributed by atoms with Gasteiger partial charge in [0.15, 0.2) is 0 Å². The Balaban J connectivity index is 1.61. The third-order valence-corrected chi connectivity index (χ3v) is 4.89. The zero-order valence-electron chi connectivity index (χ0n) is 17.3. The number of carbonyl (C=O) groups excluding carboxylic acids is 2. The van der Waals surface area contributed by atoms with Gasteiger partial charge in [-0.15, -0.1) is 0 Å². The number of methoxy groups -OCH3 is 1. The Morgan fingerprint density at radius 3 is 2.52 bits per heavy atom. The molecule has 0 radical (unpaired) electrons. The number of hydrogen-bond acceptors (Lipinski definition) is 5. The van der Waals surface area contributed by atoms with Crippen LogP contribution in [0, 0.1) is 5.82 Å². The normalized spacial score (nSPS) is 10.7. The fourth-order valence-corrected chi connectivity index (χ4v) is 3.06. The predicted molar refractivity (Wildman–Crippen MR) is 125 cm³/mol. The number of hydrazone groups is 1. The maximum Gasteiger partial charge on any atom is 0.329 e. The molecule has 7 nitrogen and oxygen atoms in total. The maximum absolute atomic E-state index is 13.2. The van der Waals surface area contributed by atoms with Crippen molar-refractivity contribution in [2.75, 3.05) is 12.4 Å². The van der Waals surface area contributed by atoms with Crippen molar-refractivity contribution >= 4 is 46.9 Å². The topological polar surface area (TPSA) is 89.0 Å². The second-order valence-electron chi connectivity index (χ2n) is 6.57. The molecule has 0 bridgehead atoms. The van der Waals surface area contributed by atoms with Gasteiger partial charge in [-0.3, -0.25) is 9.59 Å². The van der Waals surface area contributed by atoms with Gasteiger partial charge >= 0.3 is 11.8 Å². The SMILES string of the molecule is COc1ccc(/C=N/NC(=O)C(=O)Nc2ccc(F)c(Cl)c2)cc1COc1ccccc1Cl. The Bertz CT molecular complexity index is 1200. The summed E-state index contributed by atoms with van der Waals surface area (Å²) >= 11 is 11.8. The first kappa shape index (κ1) is 24.0. The zero-order valence-corrected chi connectivity index (χ0v) is 18.8. The predicted octanol–water partition coefficient (Wildman–Crippen LogP) is 4.81. The summed E-state index contributed by atoms with van der Waals surface area (Å²) in [5, 5.41) is 6.39. The summed E-state index contributed by atoms with van der Waals surface area (Å²) in [6.45, 7) is 0.184. The molecule has 2 N–H and O–H groups in total. The van der Waals surface area contributed by atoms with Gasteiger partial charge in [0.1, 0.15) is 23.9 Å². The molecular weight excluding hydrogens is 472 g/mol. The second-order valence-corrected chi connectivity index (χ2v) is 7.39. The number of benzene rings is 3. The summed E-state index contributed by atoms with van der Waals surface area (Å²) < 4.78 is 24.3. The van der Waals surface area contributed by atoms with E-state index in [1.807, 2.05) is 6.07 Å². The van der Waals surface area contributed by atoms with Gasteiger partial charge in [0.25, 0.3) is 0 Å². The minimum atomic E-state index is -1.01. The van der Waals surface area contributed by atoms with Crippen LogP contribution in [0.15, 0.2) is 65.8 Å². The van der Waals surface area contributed by atoms with Crippen LogP contribution in [0.2, 0.25) is 10.0 Å². The molecule has 2 amide bonds. The number of amides is 2. The van der Waals surface area contributed by atoms with E-state index in [1.165, 1.54) is 25.5 Å². The molecule has 33 heavy (non-hydrogen) atoms. The first-order valence-electron chi connectivity index (χ1n) is 9.51. The van der Waals surface area contributed by atoms with Crippen molar-refractivity contribution in [3.8, 4) is 11.5 Å². The van der Waals surface area contributed by atoms with Crippen molar-refractivity contribution in [3.63, 3.8) is 0 Å². The van der Waals surface area contributed by atoms with E-state index in [-0.39, 0.29) is 17.3 Å². The third-order valence-electron chi connectivity index (χ3n) is 4.29. The van der Waals surface area contributed by atoms with Crippen molar-refractivity contribution in [1.82, 2.24) is 5.43 Å². The molecule has 3 rings (SSSR count). The lowest BCUT2D eigenvalue weighted by atomic mass is 10.1. The van der Waals surface area contributed by atoms with Gasteiger partial charge in [-0.05, 0) is 54.1 Å². The molecule has 10 heteroatoms. The summed E-state index contributed by atoms with van der Waals surface area (Å²) in [6.07, 6.45) is 1.36. The molecule has 0 spiro atoms. The fraction of sp³-hybridized carbons (Fsp3) is 0.0870. The van der Waals surface area contributed by atoms with Crippen LogP contribution in [0.3, 0.4) is 0 Å². The van der Waals surface area contributed by atoms with E-state index in [2.05, 4.69) is 15.8 Å². The van der Waals surface area contributed by atoms with Crippen LogP contribution in [0.25, 0.3) is 0 Å². The Hall–Kier alpha value is -3.62. The number of anilines is 1. The largest absolute Gasteiger partial charge is 0.496 e. The van der Waals surface area contributed by atoms with Crippen LogP contribution in [0.4, 0.5) is 10.1 Å². The number of hydrogen-bond donors (Lipinski definition) is 2. The Morgan fingerprint density at radius 1 is 1.00 bits per heavy atom. The minimum Gasteiger partial charge on any atom is -0.496 e. The van der Waals surface area contributed by atoms with Gasteiger partial charge in [0.2, 0.25) is 0 Å². The highest BCUT2D eigenvalue weighted by Crippen LogP contribution is 2.26.